The van der Waals surface area contributed by atoms with Crippen LogP contribution in [-0.4, -0.2) is 18.4 Å². The molecular weight excluding hydrogens is 324 g/mol. The van der Waals surface area contributed by atoms with E-state index >= 15 is 0 Å². The number of halogens is 1. The van der Waals surface area contributed by atoms with E-state index in [9.17, 15) is 0 Å². The van der Waals surface area contributed by atoms with E-state index in [4.69, 9.17) is 19.7 Å². The molecule has 0 aliphatic carbocycles. The maximum absolute atomic E-state index is 5.94. The molecule has 0 amide bonds. The van der Waals surface area contributed by atoms with Crippen molar-refractivity contribution < 1.29 is 14.0 Å². The molecule has 1 atom stereocenters. The molecular formula is C14H15BrN2O3. The molecule has 1 aromatic heterocycles. The van der Waals surface area contributed by atoms with E-state index in [1.54, 1.807) is 0 Å². The minimum Gasteiger partial charge on any atom is -0.486 e. The summed E-state index contributed by atoms with van der Waals surface area (Å²) in [5.74, 6) is 2.13. The second-order valence-corrected chi connectivity index (χ2v) is 5.47. The topological polar surface area (TPSA) is 70.5 Å². The molecule has 6 heteroatoms. The van der Waals surface area contributed by atoms with Gasteiger partial charge < -0.3 is 19.7 Å². The third-order valence-electron chi connectivity index (χ3n) is 3.23. The van der Waals surface area contributed by atoms with Crippen molar-refractivity contribution in [3.8, 4) is 22.8 Å². The van der Waals surface area contributed by atoms with Crippen molar-refractivity contribution in [2.24, 2.45) is 5.73 Å². The van der Waals surface area contributed by atoms with E-state index in [1.165, 1.54) is 0 Å². The second-order valence-electron chi connectivity index (χ2n) is 4.61. The van der Waals surface area contributed by atoms with Crippen LogP contribution in [0.15, 0.2) is 27.2 Å². The number of aromatic nitrogens is 1. The Balaban J connectivity index is 1.98. The Morgan fingerprint density at radius 2 is 2.10 bits per heavy atom. The van der Waals surface area contributed by atoms with Crippen molar-refractivity contribution >= 4 is 15.9 Å². The van der Waals surface area contributed by atoms with E-state index in [0.717, 1.165) is 27.9 Å². The van der Waals surface area contributed by atoms with E-state index in [1.807, 2.05) is 25.1 Å². The first kappa shape index (κ1) is 13.5. The van der Waals surface area contributed by atoms with Gasteiger partial charge >= 0.3 is 0 Å². The van der Waals surface area contributed by atoms with E-state index in [-0.39, 0.29) is 6.04 Å². The highest BCUT2D eigenvalue weighted by molar-refractivity contribution is 9.10. The maximum atomic E-state index is 5.94. The van der Waals surface area contributed by atoms with Crippen LogP contribution in [0.4, 0.5) is 0 Å². The first-order valence-corrected chi connectivity index (χ1v) is 7.30. The van der Waals surface area contributed by atoms with Crippen LogP contribution in [-0.2, 0) is 0 Å². The van der Waals surface area contributed by atoms with Crippen LogP contribution in [0.25, 0.3) is 11.3 Å². The number of rotatable bonds is 3. The average molecular weight is 339 g/mol. The van der Waals surface area contributed by atoms with Gasteiger partial charge in [0.2, 0.25) is 0 Å². The van der Waals surface area contributed by atoms with Crippen LogP contribution < -0.4 is 15.2 Å². The zero-order chi connectivity index (χ0) is 14.1. The lowest BCUT2D eigenvalue weighted by atomic mass is 10.1. The van der Waals surface area contributed by atoms with Crippen LogP contribution in [0.2, 0.25) is 0 Å². The van der Waals surface area contributed by atoms with Crippen molar-refractivity contribution in [2.45, 2.75) is 19.4 Å². The van der Waals surface area contributed by atoms with Crippen molar-refractivity contribution in [2.75, 3.05) is 13.2 Å². The van der Waals surface area contributed by atoms with Gasteiger partial charge in [-0.3, -0.25) is 0 Å². The average Bonchev–Trinajstić information content (AvgIpc) is 2.96. The summed E-state index contributed by atoms with van der Waals surface area (Å²) in [4.78, 5) is 0. The van der Waals surface area contributed by atoms with Crippen LogP contribution >= 0.6 is 15.9 Å². The largest absolute Gasteiger partial charge is 0.486 e. The summed E-state index contributed by atoms with van der Waals surface area (Å²) in [5.41, 5.74) is 7.58. The normalized spacial score (nSPS) is 15.2. The standard InChI is InChI=1S/C14H15BrN2O3/c1-2-10(16)12-7-11(17-20-12)8-5-9(15)14-13(6-8)18-3-4-19-14/h5-7,10H,2-4,16H2,1H3. The summed E-state index contributed by atoms with van der Waals surface area (Å²) in [7, 11) is 0. The van der Waals surface area contributed by atoms with Crippen LogP contribution in [0.5, 0.6) is 11.5 Å². The Morgan fingerprint density at radius 1 is 1.30 bits per heavy atom. The number of benzene rings is 1. The van der Waals surface area contributed by atoms with Gasteiger partial charge in [0.1, 0.15) is 18.9 Å². The smallest absolute Gasteiger partial charge is 0.175 e. The molecule has 0 bridgehead atoms. The maximum Gasteiger partial charge on any atom is 0.175 e. The Labute approximate surface area is 125 Å². The Bertz CT molecular complexity index is 627. The molecule has 1 aliphatic heterocycles. The van der Waals surface area contributed by atoms with Crippen molar-refractivity contribution in [3.05, 3.63) is 28.4 Å². The first-order valence-electron chi connectivity index (χ1n) is 6.50. The predicted octanol–water partition coefficient (Wildman–Crippen LogP) is 3.29. The fourth-order valence-corrected chi connectivity index (χ4v) is 2.62. The highest BCUT2D eigenvalue weighted by Crippen LogP contribution is 2.41. The fourth-order valence-electron chi connectivity index (χ4n) is 2.06. The zero-order valence-electron chi connectivity index (χ0n) is 11.1. The molecule has 1 aromatic carbocycles. The lowest BCUT2D eigenvalue weighted by Gasteiger charge is -2.20. The lowest BCUT2D eigenvalue weighted by molar-refractivity contribution is 0.170. The van der Waals surface area contributed by atoms with Gasteiger partial charge in [0, 0.05) is 11.6 Å². The molecule has 2 N–H and O–H groups in total. The highest BCUT2D eigenvalue weighted by atomic mass is 79.9. The highest BCUT2D eigenvalue weighted by Gasteiger charge is 2.19. The van der Waals surface area contributed by atoms with Gasteiger partial charge in [-0.05, 0) is 34.5 Å². The third kappa shape index (κ3) is 2.41. The number of hydrogen-bond donors (Lipinski definition) is 1. The Hall–Kier alpha value is -1.53. The van der Waals surface area contributed by atoms with E-state index in [2.05, 4.69) is 21.1 Å². The Morgan fingerprint density at radius 3 is 2.90 bits per heavy atom. The van der Waals surface area contributed by atoms with Gasteiger partial charge in [-0.25, -0.2) is 0 Å². The number of ether oxygens (including phenoxy) is 2. The van der Waals surface area contributed by atoms with Gasteiger partial charge in [-0.1, -0.05) is 12.1 Å². The number of nitrogens with two attached hydrogens (primary N) is 1. The molecule has 0 radical (unpaired) electrons. The molecule has 0 saturated carbocycles. The number of nitrogens with zero attached hydrogens (tertiary/aromatic N) is 1. The van der Waals surface area contributed by atoms with Gasteiger partial charge in [0.25, 0.3) is 0 Å². The minimum atomic E-state index is -0.128. The van der Waals surface area contributed by atoms with Crippen molar-refractivity contribution in [1.82, 2.24) is 5.16 Å². The molecule has 0 fully saturated rings. The number of fused-ring (bicyclic) bond motifs is 1. The summed E-state index contributed by atoms with van der Waals surface area (Å²) >= 11 is 3.49. The van der Waals surface area contributed by atoms with Crippen LogP contribution in [0.3, 0.4) is 0 Å². The summed E-state index contributed by atoms with van der Waals surface area (Å²) in [6.45, 7) is 3.12. The molecule has 0 saturated heterocycles. The molecule has 5 nitrogen and oxygen atoms in total. The second kappa shape index (κ2) is 5.46. The summed E-state index contributed by atoms with van der Waals surface area (Å²) in [6, 6.07) is 5.58. The zero-order valence-corrected chi connectivity index (χ0v) is 12.6. The number of hydrogen-bond acceptors (Lipinski definition) is 5. The molecule has 3 rings (SSSR count). The quantitative estimate of drug-likeness (QED) is 0.929. The van der Waals surface area contributed by atoms with Crippen molar-refractivity contribution in [3.63, 3.8) is 0 Å². The molecule has 0 spiro atoms. The molecule has 1 aliphatic rings. The van der Waals surface area contributed by atoms with Crippen LogP contribution in [0.1, 0.15) is 25.1 Å². The SMILES string of the molecule is CCC(N)c1cc(-c2cc(Br)c3c(c2)OCCO3)no1. The third-order valence-corrected chi connectivity index (χ3v) is 3.82. The monoisotopic (exact) mass is 338 g/mol. The van der Waals surface area contributed by atoms with Gasteiger partial charge in [0.05, 0.1) is 10.5 Å². The molecule has 106 valence electrons. The van der Waals surface area contributed by atoms with E-state index < -0.39 is 0 Å². The van der Waals surface area contributed by atoms with Gasteiger partial charge in [-0.2, -0.15) is 0 Å². The lowest BCUT2D eigenvalue weighted by Crippen LogP contribution is -2.15. The van der Waals surface area contributed by atoms with Gasteiger partial charge in [0.15, 0.2) is 17.3 Å². The predicted molar refractivity (Wildman–Crippen MR) is 77.8 cm³/mol. The summed E-state index contributed by atoms with van der Waals surface area (Å²) < 4.78 is 17.3. The minimum absolute atomic E-state index is 0.128. The summed E-state index contributed by atoms with van der Waals surface area (Å²) in [6.07, 6.45) is 0.805. The molecule has 20 heavy (non-hydrogen) atoms. The fraction of sp³-hybridized carbons (Fsp3) is 0.357. The van der Waals surface area contributed by atoms with Gasteiger partial charge in [-0.15, -0.1) is 0 Å². The molecule has 1 unspecified atom stereocenters. The molecule has 2 aromatic rings. The van der Waals surface area contributed by atoms with Crippen molar-refractivity contribution in [1.29, 1.82) is 0 Å². The Kier molecular flexibility index (Phi) is 3.67. The van der Waals surface area contributed by atoms with Crippen LogP contribution in [0, 0.1) is 0 Å². The molecule has 2 heterocycles. The van der Waals surface area contributed by atoms with E-state index in [0.29, 0.717) is 24.7 Å². The first-order chi connectivity index (χ1) is 9.69. The summed E-state index contributed by atoms with van der Waals surface area (Å²) in [5, 5.41) is 4.07.